The molecule has 0 radical (unpaired) electrons. The number of amides is 6. The van der Waals surface area contributed by atoms with Gasteiger partial charge < -0.3 is 13.5 Å². The number of hydrogen-bond acceptors (Lipinski definition) is 9. The van der Waals surface area contributed by atoms with Crippen molar-refractivity contribution in [1.29, 1.82) is 0 Å². The molecule has 3 aliphatic heterocycles. The Bertz CT molecular complexity index is 2480. The number of carbonyl (C=O) groups is 6. The molecule has 0 bridgehead atoms. The van der Waals surface area contributed by atoms with Crippen molar-refractivity contribution >= 4 is 63.0 Å². The first-order valence-electron chi connectivity index (χ1n) is 18.7. The van der Waals surface area contributed by atoms with E-state index in [0.29, 0.717) is 57.8 Å². The number of fused-ring (bicyclic) bond motifs is 3. The maximum atomic E-state index is 11.8. The third-order valence-corrected chi connectivity index (χ3v) is 10.6. The van der Waals surface area contributed by atoms with E-state index in [1.165, 1.54) is 0 Å². The number of aromatic nitrogens is 6. The van der Waals surface area contributed by atoms with Crippen LogP contribution in [0.15, 0.2) is 79.9 Å². The zero-order valence-corrected chi connectivity index (χ0v) is 31.2. The van der Waals surface area contributed by atoms with E-state index in [2.05, 4.69) is 37.0 Å². The molecule has 15 nitrogen and oxygen atoms in total. The Morgan fingerprint density at radius 2 is 1.23 bits per heavy atom. The molecule has 3 N–H and O–H groups in total. The standard InChI is InChI=1S/2C14H15N3O2.C13H13N3O2/c1-17-7-5-11-9(4-6-15-13(11)17)8-10-2-3-12(18)16-14(10)19;1-17-5-4-10-6-9(8-15-13(10)17)7-11-2-3-12(18)16-14(11)19;17-12-4-2-10(13(18)15-12)5-9-1-3-11-6-14-8-16(11)7-9/h4-7,10H,2-3,8H2,1H3,(H,16,18,19);4-6,8,11H,2-3,7H2,1H3,(H,16,18,19);1,3,6-8,10H,2,4-5H2,(H,15,17,18). The summed E-state index contributed by atoms with van der Waals surface area (Å²) in [7, 11) is 3.90. The molecule has 3 aliphatic rings. The number of aryl methyl sites for hydroxylation is 2. The van der Waals surface area contributed by atoms with Gasteiger partial charge in [-0.2, -0.15) is 0 Å². The number of imidazole rings is 1. The molecule has 3 saturated heterocycles. The minimum Gasteiger partial charge on any atom is -0.336 e. The number of nitrogens with zero attached hydrogens (tertiary/aromatic N) is 6. The lowest BCUT2D eigenvalue weighted by molar-refractivity contribution is -0.137. The highest BCUT2D eigenvalue weighted by atomic mass is 16.2. The first-order valence-corrected chi connectivity index (χ1v) is 18.7. The molecule has 0 aromatic carbocycles. The molecule has 6 aromatic rings. The van der Waals surface area contributed by atoms with Crippen molar-refractivity contribution in [2.75, 3.05) is 0 Å². The van der Waals surface area contributed by atoms with Crippen LogP contribution in [0, 0.1) is 17.8 Å². The second-order valence-corrected chi connectivity index (χ2v) is 14.6. The van der Waals surface area contributed by atoms with Crippen LogP contribution in [-0.4, -0.2) is 63.9 Å². The van der Waals surface area contributed by atoms with Gasteiger partial charge in [-0.05, 0) is 85.5 Å². The predicted molar refractivity (Wildman–Crippen MR) is 205 cm³/mol. The monoisotopic (exact) mass is 757 g/mol. The highest BCUT2D eigenvalue weighted by molar-refractivity contribution is 6.00. The van der Waals surface area contributed by atoms with Gasteiger partial charge in [0, 0.05) is 92.9 Å². The summed E-state index contributed by atoms with van der Waals surface area (Å²) in [4.78, 5) is 81.3. The van der Waals surface area contributed by atoms with Crippen LogP contribution in [0.2, 0.25) is 0 Å². The Morgan fingerprint density at radius 1 is 0.643 bits per heavy atom. The van der Waals surface area contributed by atoms with Gasteiger partial charge in [-0.15, -0.1) is 0 Å². The van der Waals surface area contributed by atoms with Gasteiger partial charge in [-0.3, -0.25) is 44.7 Å². The van der Waals surface area contributed by atoms with E-state index in [4.69, 9.17) is 0 Å². The Balaban J connectivity index is 0.000000129. The van der Waals surface area contributed by atoms with Crippen LogP contribution < -0.4 is 16.0 Å². The third-order valence-electron chi connectivity index (χ3n) is 10.6. The zero-order valence-electron chi connectivity index (χ0n) is 31.2. The fourth-order valence-corrected chi connectivity index (χ4v) is 7.43. The summed E-state index contributed by atoms with van der Waals surface area (Å²) in [5.41, 5.74) is 6.11. The van der Waals surface area contributed by atoms with Gasteiger partial charge in [-0.1, -0.05) is 6.07 Å². The summed E-state index contributed by atoms with van der Waals surface area (Å²) < 4.78 is 5.86. The largest absolute Gasteiger partial charge is 0.336 e. The lowest BCUT2D eigenvalue weighted by Gasteiger charge is -2.20. The number of rotatable bonds is 6. The Kier molecular flexibility index (Phi) is 11.1. The number of imide groups is 3. The molecule has 56 heavy (non-hydrogen) atoms. The van der Waals surface area contributed by atoms with Gasteiger partial charge in [0.15, 0.2) is 0 Å². The van der Waals surface area contributed by atoms with Gasteiger partial charge in [0.05, 0.1) is 18.0 Å². The molecule has 3 unspecified atom stereocenters. The van der Waals surface area contributed by atoms with E-state index in [-0.39, 0.29) is 53.2 Å². The van der Waals surface area contributed by atoms with E-state index in [1.807, 2.05) is 82.7 Å². The van der Waals surface area contributed by atoms with Gasteiger partial charge in [0.25, 0.3) is 0 Å². The van der Waals surface area contributed by atoms with Crippen molar-refractivity contribution < 1.29 is 28.8 Å². The minimum atomic E-state index is -0.169. The molecule has 0 aliphatic carbocycles. The molecule has 0 saturated carbocycles. The second-order valence-electron chi connectivity index (χ2n) is 14.6. The topological polar surface area (TPSA) is 191 Å². The van der Waals surface area contributed by atoms with Crippen molar-refractivity contribution in [3.63, 3.8) is 0 Å². The average molecular weight is 758 g/mol. The van der Waals surface area contributed by atoms with Gasteiger partial charge in [0.2, 0.25) is 35.4 Å². The summed E-state index contributed by atoms with van der Waals surface area (Å²) in [6.45, 7) is 0. The van der Waals surface area contributed by atoms with Crippen LogP contribution in [0.5, 0.6) is 0 Å². The molecular formula is C41H43N9O6. The van der Waals surface area contributed by atoms with Crippen molar-refractivity contribution in [2.24, 2.45) is 31.8 Å². The number of nitrogens with one attached hydrogen (secondary N) is 3. The lowest BCUT2D eigenvalue weighted by Crippen LogP contribution is -2.41. The molecule has 288 valence electrons. The predicted octanol–water partition coefficient (Wildman–Crippen LogP) is 3.27. The fraction of sp³-hybridized carbons (Fsp3) is 0.341. The first kappa shape index (κ1) is 37.8. The third kappa shape index (κ3) is 8.72. The van der Waals surface area contributed by atoms with Gasteiger partial charge in [-0.25, -0.2) is 15.0 Å². The van der Waals surface area contributed by atoms with Crippen LogP contribution in [0.3, 0.4) is 0 Å². The normalized spacial score (nSPS) is 19.9. The zero-order chi connectivity index (χ0) is 39.3. The molecule has 6 aromatic heterocycles. The maximum absolute atomic E-state index is 11.8. The van der Waals surface area contributed by atoms with Gasteiger partial charge >= 0.3 is 0 Å². The quantitative estimate of drug-likeness (QED) is 0.214. The van der Waals surface area contributed by atoms with E-state index in [9.17, 15) is 28.8 Å². The first-order chi connectivity index (χ1) is 27.0. The Hall–Kier alpha value is -6.51. The Morgan fingerprint density at radius 3 is 1.88 bits per heavy atom. The summed E-state index contributed by atoms with van der Waals surface area (Å²) >= 11 is 0. The van der Waals surface area contributed by atoms with Crippen LogP contribution in [0.4, 0.5) is 0 Å². The van der Waals surface area contributed by atoms with E-state index >= 15 is 0 Å². The maximum Gasteiger partial charge on any atom is 0.230 e. The molecule has 9 heterocycles. The number of hydrogen-bond donors (Lipinski definition) is 3. The highest BCUT2D eigenvalue weighted by Crippen LogP contribution is 2.24. The molecular weight excluding hydrogens is 715 g/mol. The molecule has 6 amide bonds. The van der Waals surface area contributed by atoms with Crippen LogP contribution >= 0.6 is 0 Å². The summed E-state index contributed by atoms with van der Waals surface area (Å²) in [6, 6.07) is 12.0. The van der Waals surface area contributed by atoms with E-state index < -0.39 is 0 Å². The summed E-state index contributed by atoms with van der Waals surface area (Å²) in [5, 5.41) is 9.33. The van der Waals surface area contributed by atoms with Crippen LogP contribution in [0.25, 0.3) is 27.6 Å². The summed E-state index contributed by atoms with van der Waals surface area (Å²) in [5.74, 6) is -1.33. The molecule has 0 spiro atoms. The average Bonchev–Trinajstić information content (AvgIpc) is 3.91. The van der Waals surface area contributed by atoms with Crippen LogP contribution in [-0.2, 0) is 62.1 Å². The number of carbonyl (C=O) groups excluding carboxylic acids is 6. The fourth-order valence-electron chi connectivity index (χ4n) is 7.43. The SMILES string of the molecule is Cn1ccc2c(CC3CCC(=O)NC3=O)ccnc21.Cn1ccc2cc(CC3CCC(=O)NC3=O)cnc21.O=C1CCC(Cc2ccc3cncn3c2)C(=O)N1. The number of pyridine rings is 3. The molecule has 3 atom stereocenters. The molecule has 15 heteroatoms. The van der Waals surface area contributed by atoms with Gasteiger partial charge in [0.1, 0.15) is 11.3 Å². The van der Waals surface area contributed by atoms with E-state index in [1.54, 1.807) is 18.7 Å². The highest BCUT2D eigenvalue weighted by Gasteiger charge is 2.29. The number of piperidine rings is 3. The minimum absolute atomic E-state index is 0.108. The molecule has 9 rings (SSSR count). The van der Waals surface area contributed by atoms with Crippen molar-refractivity contribution in [3.05, 3.63) is 96.6 Å². The van der Waals surface area contributed by atoms with E-state index in [0.717, 1.165) is 44.3 Å². The smallest absolute Gasteiger partial charge is 0.230 e. The second kappa shape index (κ2) is 16.5. The summed E-state index contributed by atoms with van der Waals surface area (Å²) in [6.07, 6.45) is 18.1. The molecule has 3 fully saturated rings. The van der Waals surface area contributed by atoms with Crippen molar-refractivity contribution in [2.45, 2.75) is 57.8 Å². The lowest BCUT2D eigenvalue weighted by atomic mass is 9.90. The van der Waals surface area contributed by atoms with Crippen molar-refractivity contribution in [3.8, 4) is 0 Å². The van der Waals surface area contributed by atoms with Crippen LogP contribution in [0.1, 0.15) is 55.2 Å². The Labute approximate surface area is 321 Å². The van der Waals surface area contributed by atoms with Crippen molar-refractivity contribution in [1.82, 2.24) is 44.4 Å².